The molecule has 0 heterocycles. The Balaban J connectivity index is 0.00000363. The van der Waals surface area contributed by atoms with Crippen molar-refractivity contribution in [1.29, 1.82) is 0 Å². The molecule has 0 aromatic heterocycles. The van der Waals surface area contributed by atoms with E-state index in [0.29, 0.717) is 10.2 Å². The molecule has 32 heavy (non-hydrogen) atoms. The van der Waals surface area contributed by atoms with Crippen LogP contribution in [0.3, 0.4) is 0 Å². The molecule has 1 aliphatic rings. The van der Waals surface area contributed by atoms with Gasteiger partial charge in [0.05, 0.1) is 38.9 Å². The summed E-state index contributed by atoms with van der Waals surface area (Å²) in [5.74, 6) is -1.24. The molecule has 2 N–H and O–H groups in total. The molecule has 6 nitrogen and oxygen atoms in total. The maximum atomic E-state index is 13.2. The number of halogens is 1. The van der Waals surface area contributed by atoms with Gasteiger partial charge in [0.2, 0.25) is 5.78 Å². The number of nitrogens with zero attached hydrogens (tertiary/aromatic N) is 1. The van der Waals surface area contributed by atoms with Gasteiger partial charge in [-0.15, -0.1) is 0 Å². The Labute approximate surface area is 200 Å². The van der Waals surface area contributed by atoms with Gasteiger partial charge in [0.25, 0.3) is 0 Å². The van der Waals surface area contributed by atoms with Gasteiger partial charge in [-0.3, -0.25) is 14.1 Å². The summed E-state index contributed by atoms with van der Waals surface area (Å²) in [6, 6.07) is 6.01. The van der Waals surface area contributed by atoms with Crippen LogP contribution in [0.25, 0.3) is 0 Å². The van der Waals surface area contributed by atoms with E-state index in [2.05, 4.69) is 6.92 Å². The molecule has 3 rings (SSSR count). The van der Waals surface area contributed by atoms with Crippen LogP contribution in [0, 0.1) is 0 Å². The zero-order chi connectivity index (χ0) is 22.8. The number of ether oxygens (including phenoxy) is 1. The van der Waals surface area contributed by atoms with E-state index in [0.717, 1.165) is 25.1 Å². The highest BCUT2D eigenvalue weighted by atomic mass is 79.9. The van der Waals surface area contributed by atoms with Crippen molar-refractivity contribution in [3.05, 3.63) is 46.5 Å². The van der Waals surface area contributed by atoms with Crippen LogP contribution in [0.5, 0.6) is 17.2 Å². The molecule has 0 aliphatic heterocycles. The third kappa shape index (κ3) is 4.99. The van der Waals surface area contributed by atoms with Crippen LogP contribution in [-0.4, -0.2) is 49.5 Å². The van der Waals surface area contributed by atoms with E-state index in [4.69, 9.17) is 4.74 Å². The molecule has 2 aromatic carbocycles. The Hall–Kier alpha value is -2.38. The third-order valence-electron chi connectivity index (χ3n) is 6.14. The van der Waals surface area contributed by atoms with Gasteiger partial charge in [-0.1, -0.05) is 32.6 Å². The summed E-state index contributed by atoms with van der Waals surface area (Å²) in [5.41, 5.74) is 0.867. The Kier molecular flexibility index (Phi) is 8.48. The SMILES string of the molecule is CCCCCCCC[N+](C)(C)c1cc(O)c2c(c1)C(=O)c1cc(OC)cc(O)c1C2=O.[Br-]. The van der Waals surface area contributed by atoms with Gasteiger partial charge in [-0.25, -0.2) is 0 Å². The first-order chi connectivity index (χ1) is 14.7. The normalized spacial score (nSPS) is 12.8. The lowest BCUT2D eigenvalue weighted by Gasteiger charge is -2.31. The quantitative estimate of drug-likeness (QED) is 0.342. The lowest BCUT2D eigenvalue weighted by atomic mass is 9.82. The summed E-state index contributed by atoms with van der Waals surface area (Å²) in [6.07, 6.45) is 7.11. The third-order valence-corrected chi connectivity index (χ3v) is 6.14. The van der Waals surface area contributed by atoms with Crippen LogP contribution in [-0.2, 0) is 0 Å². The Morgan fingerprint density at radius 2 is 1.38 bits per heavy atom. The van der Waals surface area contributed by atoms with Crippen LogP contribution >= 0.6 is 0 Å². The molecule has 0 saturated carbocycles. The zero-order valence-corrected chi connectivity index (χ0v) is 20.8. The van der Waals surface area contributed by atoms with Crippen molar-refractivity contribution in [3.8, 4) is 17.2 Å². The lowest BCUT2D eigenvalue weighted by molar-refractivity contribution is -0.0000233. The number of hydrogen-bond donors (Lipinski definition) is 2. The topological polar surface area (TPSA) is 83.8 Å². The fourth-order valence-electron chi connectivity index (χ4n) is 4.20. The number of unbranched alkanes of at least 4 members (excludes halogenated alkanes) is 5. The zero-order valence-electron chi connectivity index (χ0n) is 19.2. The maximum absolute atomic E-state index is 13.2. The van der Waals surface area contributed by atoms with Gasteiger partial charge < -0.3 is 31.9 Å². The van der Waals surface area contributed by atoms with E-state index in [1.807, 2.05) is 14.1 Å². The second-order valence-corrected chi connectivity index (χ2v) is 8.79. The first-order valence-electron chi connectivity index (χ1n) is 10.9. The van der Waals surface area contributed by atoms with Crippen molar-refractivity contribution in [2.24, 2.45) is 0 Å². The molecule has 7 heteroatoms. The van der Waals surface area contributed by atoms with Crippen LogP contribution in [0.4, 0.5) is 5.69 Å². The number of quaternary nitrogens is 1. The molecule has 0 bridgehead atoms. The van der Waals surface area contributed by atoms with Crippen molar-refractivity contribution in [2.45, 2.75) is 45.4 Å². The summed E-state index contributed by atoms with van der Waals surface area (Å²) >= 11 is 0. The van der Waals surface area contributed by atoms with Crippen molar-refractivity contribution in [3.63, 3.8) is 0 Å². The molecular weight excluding hydrogens is 474 g/mol. The number of phenolic OH excluding ortho intramolecular Hbond substituents is 2. The minimum atomic E-state index is -0.560. The number of rotatable bonds is 9. The standard InChI is InChI=1S/C25H31NO5.BrH/c1-5-6-7-8-9-10-11-26(2,3)16-12-18-22(20(27)13-16)25(30)23-19(24(18)29)14-17(31-4)15-21(23)28;/h12-15H,5-11H2,1-4H3,(H-,27,28,30);1H. The van der Waals surface area contributed by atoms with E-state index in [-0.39, 0.29) is 50.7 Å². The molecule has 0 amide bonds. The minimum absolute atomic E-state index is 0. The number of ketones is 2. The van der Waals surface area contributed by atoms with E-state index in [9.17, 15) is 19.8 Å². The number of aromatic hydroxyl groups is 2. The first kappa shape index (κ1) is 25.9. The average Bonchev–Trinajstić information content (AvgIpc) is 2.73. The lowest BCUT2D eigenvalue weighted by Crippen LogP contribution is -3.00. The number of carbonyl (C=O) groups is 2. The van der Waals surface area contributed by atoms with Crippen LogP contribution < -0.4 is 26.2 Å². The van der Waals surface area contributed by atoms with Crippen molar-refractivity contribution in [1.82, 2.24) is 4.48 Å². The Morgan fingerprint density at radius 1 is 0.812 bits per heavy atom. The summed E-state index contributed by atoms with van der Waals surface area (Å²) in [4.78, 5) is 26.3. The van der Waals surface area contributed by atoms with Gasteiger partial charge in [-0.05, 0) is 18.9 Å². The van der Waals surface area contributed by atoms with Crippen molar-refractivity contribution >= 4 is 17.3 Å². The van der Waals surface area contributed by atoms with Crippen molar-refractivity contribution in [2.75, 3.05) is 27.7 Å². The fraction of sp³-hybridized carbons (Fsp3) is 0.440. The number of benzene rings is 2. The van der Waals surface area contributed by atoms with Crippen LogP contribution in [0.15, 0.2) is 24.3 Å². The van der Waals surface area contributed by atoms with Gasteiger partial charge in [0.1, 0.15) is 22.9 Å². The Bertz CT molecular complexity index is 1020. The molecule has 0 atom stereocenters. The smallest absolute Gasteiger partial charge is 0.201 e. The average molecular weight is 506 g/mol. The van der Waals surface area contributed by atoms with Gasteiger partial charge in [-0.2, -0.15) is 0 Å². The molecule has 0 saturated heterocycles. The highest BCUT2D eigenvalue weighted by Crippen LogP contribution is 2.41. The van der Waals surface area contributed by atoms with E-state index in [1.165, 1.54) is 44.9 Å². The molecular formula is C25H32BrNO5. The molecule has 0 spiro atoms. The first-order valence-corrected chi connectivity index (χ1v) is 10.9. The van der Waals surface area contributed by atoms with Crippen LogP contribution in [0.2, 0.25) is 0 Å². The summed E-state index contributed by atoms with van der Waals surface area (Å²) in [5, 5.41) is 21.0. The van der Waals surface area contributed by atoms with E-state index < -0.39 is 11.6 Å². The van der Waals surface area contributed by atoms with Crippen LogP contribution in [0.1, 0.15) is 77.3 Å². The van der Waals surface area contributed by atoms with Gasteiger partial charge in [0.15, 0.2) is 5.78 Å². The largest absolute Gasteiger partial charge is 1.00 e. The second-order valence-electron chi connectivity index (χ2n) is 8.79. The summed E-state index contributed by atoms with van der Waals surface area (Å²) in [6.45, 7) is 3.06. The molecule has 174 valence electrons. The number of carbonyl (C=O) groups excluding carboxylic acids is 2. The number of phenols is 2. The van der Waals surface area contributed by atoms with Crippen molar-refractivity contribution < 1.29 is 41.5 Å². The number of methoxy groups -OCH3 is 1. The maximum Gasteiger partial charge on any atom is 0.201 e. The highest BCUT2D eigenvalue weighted by molar-refractivity contribution is 6.30. The van der Waals surface area contributed by atoms with Gasteiger partial charge in [0, 0.05) is 29.3 Å². The van der Waals surface area contributed by atoms with E-state index in [1.54, 1.807) is 12.1 Å². The fourth-order valence-corrected chi connectivity index (χ4v) is 4.20. The summed E-state index contributed by atoms with van der Waals surface area (Å²) < 4.78 is 5.63. The predicted octanol–water partition coefficient (Wildman–Crippen LogP) is 1.81. The highest BCUT2D eigenvalue weighted by Gasteiger charge is 2.37. The second kappa shape index (κ2) is 10.5. The van der Waals surface area contributed by atoms with E-state index >= 15 is 0 Å². The number of hydrogen-bond acceptors (Lipinski definition) is 5. The molecule has 0 unspecified atom stereocenters. The van der Waals surface area contributed by atoms with Gasteiger partial charge >= 0.3 is 0 Å². The monoisotopic (exact) mass is 505 g/mol. The molecule has 2 aromatic rings. The summed E-state index contributed by atoms with van der Waals surface area (Å²) in [7, 11) is 5.49. The molecule has 1 aliphatic carbocycles. The molecule has 0 radical (unpaired) electrons. The molecule has 0 fully saturated rings. The minimum Gasteiger partial charge on any atom is -1.00 e. The predicted molar refractivity (Wildman–Crippen MR) is 122 cm³/mol. The Morgan fingerprint density at radius 3 is 2.00 bits per heavy atom. The number of fused-ring (bicyclic) bond motifs is 2.